The Balaban J connectivity index is 1.01. The Hall–Kier alpha value is -3.62. The molecule has 0 bridgehead atoms. The molecule has 0 amide bonds. The normalized spacial score (nSPS) is 14.8. The number of anilines is 2. The molecule has 2 aliphatic heterocycles. The monoisotopic (exact) mass is 500 g/mol. The van der Waals surface area contributed by atoms with Gasteiger partial charge in [0.2, 0.25) is 12.7 Å². The molecule has 36 heavy (non-hydrogen) atoms. The van der Waals surface area contributed by atoms with E-state index in [4.69, 9.17) is 14.2 Å². The molecule has 2 aliphatic rings. The Morgan fingerprint density at radius 3 is 2.56 bits per heavy atom. The average molecular weight is 501 g/mol. The number of hydrogen-bond donors (Lipinski definition) is 1. The SMILES string of the molecule is c1nc(Nc2ccc(OCCN3CCCC3)cc2)ncc1Cc1ccc(-c2ccc3c(c2)OCO3)s1. The molecule has 0 atom stereocenters. The van der Waals surface area contributed by atoms with Crippen LogP contribution >= 0.6 is 11.3 Å². The number of ether oxygens (including phenoxy) is 3. The minimum atomic E-state index is 0.290. The van der Waals surface area contributed by atoms with E-state index in [1.54, 1.807) is 11.3 Å². The number of likely N-dealkylation sites (tertiary alicyclic amines) is 1. The zero-order chi connectivity index (χ0) is 24.2. The molecule has 1 N–H and O–H groups in total. The van der Waals surface area contributed by atoms with Crippen molar-refractivity contribution in [2.75, 3.05) is 38.4 Å². The third-order valence-corrected chi connectivity index (χ3v) is 7.52. The number of nitrogens with one attached hydrogen (secondary N) is 1. The van der Waals surface area contributed by atoms with Crippen LogP contribution in [-0.2, 0) is 6.42 Å². The first-order chi connectivity index (χ1) is 17.8. The van der Waals surface area contributed by atoms with Crippen LogP contribution in [0.15, 0.2) is 67.0 Å². The number of fused-ring (bicyclic) bond motifs is 1. The van der Waals surface area contributed by atoms with Crippen LogP contribution in [0.4, 0.5) is 11.6 Å². The zero-order valence-electron chi connectivity index (χ0n) is 20.0. The van der Waals surface area contributed by atoms with Gasteiger partial charge in [-0.25, -0.2) is 9.97 Å². The lowest BCUT2D eigenvalue weighted by atomic mass is 10.1. The van der Waals surface area contributed by atoms with Crippen LogP contribution in [0.1, 0.15) is 23.3 Å². The Bertz CT molecular complexity index is 1300. The van der Waals surface area contributed by atoms with Crippen LogP contribution < -0.4 is 19.5 Å². The largest absolute Gasteiger partial charge is 0.492 e. The van der Waals surface area contributed by atoms with E-state index in [1.807, 2.05) is 48.8 Å². The summed E-state index contributed by atoms with van der Waals surface area (Å²) >= 11 is 1.76. The van der Waals surface area contributed by atoms with Gasteiger partial charge >= 0.3 is 0 Å². The van der Waals surface area contributed by atoms with Crippen LogP contribution in [-0.4, -0.2) is 47.9 Å². The van der Waals surface area contributed by atoms with E-state index in [0.29, 0.717) is 5.95 Å². The molecule has 2 aromatic carbocycles. The van der Waals surface area contributed by atoms with Crippen molar-refractivity contribution in [1.82, 2.24) is 14.9 Å². The lowest BCUT2D eigenvalue weighted by molar-refractivity contribution is 0.174. The summed E-state index contributed by atoms with van der Waals surface area (Å²) in [5.74, 6) is 3.07. The molecule has 1 fully saturated rings. The summed E-state index contributed by atoms with van der Waals surface area (Å²) in [5, 5.41) is 3.26. The summed E-state index contributed by atoms with van der Waals surface area (Å²) in [5.41, 5.74) is 3.14. The summed E-state index contributed by atoms with van der Waals surface area (Å²) in [4.78, 5) is 13.9. The van der Waals surface area contributed by atoms with E-state index >= 15 is 0 Å². The average Bonchev–Trinajstić information content (AvgIpc) is 3.68. The fourth-order valence-corrected chi connectivity index (χ4v) is 5.49. The molecular weight excluding hydrogens is 472 g/mol. The number of benzene rings is 2. The minimum Gasteiger partial charge on any atom is -0.492 e. The molecule has 7 nitrogen and oxygen atoms in total. The molecule has 4 aromatic rings. The summed E-state index contributed by atoms with van der Waals surface area (Å²) in [6.45, 7) is 4.39. The second kappa shape index (κ2) is 10.6. The van der Waals surface area contributed by atoms with Crippen molar-refractivity contribution < 1.29 is 14.2 Å². The third kappa shape index (κ3) is 5.45. The van der Waals surface area contributed by atoms with Crippen molar-refractivity contribution in [3.63, 3.8) is 0 Å². The Morgan fingerprint density at radius 1 is 0.917 bits per heavy atom. The van der Waals surface area contributed by atoms with Crippen molar-refractivity contribution in [2.45, 2.75) is 19.3 Å². The summed E-state index contributed by atoms with van der Waals surface area (Å²) < 4.78 is 16.8. The Morgan fingerprint density at radius 2 is 1.72 bits per heavy atom. The molecule has 0 radical (unpaired) electrons. The maximum Gasteiger partial charge on any atom is 0.231 e. The standard InChI is InChI=1S/C28H28N4O3S/c1-2-12-32(11-1)13-14-33-23-6-4-22(5-7-23)31-28-29-17-20(18-30-28)15-24-8-10-27(36-24)21-3-9-25-26(16-21)35-19-34-25/h3-10,16-18H,1-2,11-15,19H2,(H,29,30,31). The highest BCUT2D eigenvalue weighted by molar-refractivity contribution is 7.15. The van der Waals surface area contributed by atoms with Gasteiger partial charge in [0.05, 0.1) is 0 Å². The molecule has 2 aromatic heterocycles. The van der Waals surface area contributed by atoms with Crippen LogP contribution in [0.25, 0.3) is 10.4 Å². The van der Waals surface area contributed by atoms with Gasteiger partial charge in [0, 0.05) is 40.8 Å². The molecule has 0 spiro atoms. The van der Waals surface area contributed by atoms with Gasteiger partial charge in [-0.05, 0) is 91.7 Å². The first-order valence-corrected chi connectivity index (χ1v) is 13.1. The smallest absolute Gasteiger partial charge is 0.231 e. The molecule has 4 heterocycles. The number of thiophene rings is 1. The molecule has 0 aliphatic carbocycles. The predicted octanol–water partition coefficient (Wildman–Crippen LogP) is 5.74. The van der Waals surface area contributed by atoms with Crippen molar-refractivity contribution in [3.05, 3.63) is 77.4 Å². The Kier molecular flexibility index (Phi) is 6.69. The van der Waals surface area contributed by atoms with E-state index in [0.717, 1.165) is 53.6 Å². The number of nitrogens with zero attached hydrogens (tertiary/aromatic N) is 3. The van der Waals surface area contributed by atoms with Gasteiger partial charge in [0.1, 0.15) is 12.4 Å². The number of rotatable bonds is 9. The number of hydrogen-bond acceptors (Lipinski definition) is 8. The lowest BCUT2D eigenvalue weighted by Crippen LogP contribution is -2.25. The van der Waals surface area contributed by atoms with Crippen molar-refractivity contribution in [3.8, 4) is 27.7 Å². The predicted molar refractivity (Wildman–Crippen MR) is 142 cm³/mol. The third-order valence-electron chi connectivity index (χ3n) is 6.39. The second-order valence-electron chi connectivity index (χ2n) is 8.97. The minimum absolute atomic E-state index is 0.290. The summed E-state index contributed by atoms with van der Waals surface area (Å²) in [7, 11) is 0. The van der Waals surface area contributed by atoms with Gasteiger partial charge < -0.3 is 19.5 Å². The summed E-state index contributed by atoms with van der Waals surface area (Å²) in [6.07, 6.45) is 7.16. The molecule has 1 saturated heterocycles. The van der Waals surface area contributed by atoms with Crippen LogP contribution in [0, 0.1) is 0 Å². The first-order valence-electron chi connectivity index (χ1n) is 12.3. The lowest BCUT2D eigenvalue weighted by Gasteiger charge is -2.15. The zero-order valence-corrected chi connectivity index (χ0v) is 20.8. The van der Waals surface area contributed by atoms with Gasteiger partial charge in [0.25, 0.3) is 0 Å². The summed E-state index contributed by atoms with van der Waals surface area (Å²) in [6, 6.07) is 18.3. The van der Waals surface area contributed by atoms with Crippen LogP contribution in [0.5, 0.6) is 17.2 Å². The highest BCUT2D eigenvalue weighted by Crippen LogP contribution is 2.38. The van der Waals surface area contributed by atoms with E-state index in [2.05, 4.69) is 38.4 Å². The van der Waals surface area contributed by atoms with Gasteiger partial charge in [-0.2, -0.15) is 0 Å². The molecular formula is C28H28N4O3S. The van der Waals surface area contributed by atoms with E-state index in [-0.39, 0.29) is 6.79 Å². The molecule has 184 valence electrons. The maximum atomic E-state index is 5.88. The van der Waals surface area contributed by atoms with Gasteiger partial charge in [-0.1, -0.05) is 0 Å². The van der Waals surface area contributed by atoms with E-state index < -0.39 is 0 Å². The quantitative estimate of drug-likeness (QED) is 0.314. The first kappa shape index (κ1) is 22.8. The second-order valence-corrected chi connectivity index (χ2v) is 10.1. The molecule has 8 heteroatoms. The highest BCUT2D eigenvalue weighted by atomic mass is 32.1. The topological polar surface area (TPSA) is 68.7 Å². The number of aromatic nitrogens is 2. The van der Waals surface area contributed by atoms with Crippen molar-refractivity contribution >= 4 is 23.0 Å². The fourth-order valence-electron chi connectivity index (χ4n) is 4.45. The molecule has 0 saturated carbocycles. The maximum absolute atomic E-state index is 5.88. The van der Waals surface area contributed by atoms with Crippen molar-refractivity contribution in [2.24, 2.45) is 0 Å². The highest BCUT2D eigenvalue weighted by Gasteiger charge is 2.15. The van der Waals surface area contributed by atoms with Crippen LogP contribution in [0.3, 0.4) is 0 Å². The Labute approximate surface area is 214 Å². The van der Waals surface area contributed by atoms with Crippen molar-refractivity contribution in [1.29, 1.82) is 0 Å². The van der Waals surface area contributed by atoms with E-state index in [1.165, 1.54) is 35.7 Å². The van der Waals surface area contributed by atoms with Gasteiger partial charge in [-0.15, -0.1) is 11.3 Å². The van der Waals surface area contributed by atoms with Crippen LogP contribution in [0.2, 0.25) is 0 Å². The fraction of sp³-hybridized carbons (Fsp3) is 0.286. The van der Waals surface area contributed by atoms with E-state index in [9.17, 15) is 0 Å². The molecule has 6 rings (SSSR count). The molecule has 0 unspecified atom stereocenters. The van der Waals surface area contributed by atoms with Gasteiger partial charge in [-0.3, -0.25) is 4.90 Å². The van der Waals surface area contributed by atoms with Gasteiger partial charge in [0.15, 0.2) is 11.5 Å².